The summed E-state index contributed by atoms with van der Waals surface area (Å²) < 4.78 is 9.68. The summed E-state index contributed by atoms with van der Waals surface area (Å²) in [5, 5.41) is 11.4. The number of nitrogens with one attached hydrogen (secondary N) is 1. The first-order chi connectivity index (χ1) is 11.9. The minimum atomic E-state index is -0.717. The van der Waals surface area contributed by atoms with Crippen molar-refractivity contribution in [3.63, 3.8) is 0 Å². The molecule has 0 aliphatic heterocycles. The average molecular weight is 404 g/mol. The van der Waals surface area contributed by atoms with Gasteiger partial charge in [-0.2, -0.15) is 5.10 Å². The number of ether oxygens (including phenoxy) is 1. The summed E-state index contributed by atoms with van der Waals surface area (Å²) in [5.74, 6) is 0.698. The van der Waals surface area contributed by atoms with Gasteiger partial charge in [0.2, 0.25) is 5.88 Å². The fourth-order valence-corrected chi connectivity index (χ4v) is 2.67. The van der Waals surface area contributed by atoms with Crippen molar-refractivity contribution in [3.05, 3.63) is 52.8 Å². The standard InChI is InChI=1S/C17H18BrN5O2/c1-11-9-15(22(3)20-11)19-16(24)12(2)25-17-14(18)10-23(21-17)13-7-5-4-6-8-13/h4-10,12H,1-3H3,(H,19,24)/t12-/m1/s1. The molecule has 1 N–H and O–H groups in total. The van der Waals surface area contributed by atoms with E-state index in [1.807, 2.05) is 37.3 Å². The van der Waals surface area contributed by atoms with Crippen LogP contribution in [0.2, 0.25) is 0 Å². The van der Waals surface area contributed by atoms with Gasteiger partial charge in [-0.25, -0.2) is 4.68 Å². The molecule has 8 heteroatoms. The van der Waals surface area contributed by atoms with Crippen LogP contribution in [0.5, 0.6) is 5.88 Å². The summed E-state index contributed by atoms with van der Waals surface area (Å²) in [6.45, 7) is 3.54. The normalized spacial score (nSPS) is 12.0. The number of nitrogens with zero attached hydrogens (tertiary/aromatic N) is 4. The first-order valence-electron chi connectivity index (χ1n) is 7.73. The van der Waals surface area contributed by atoms with Crippen LogP contribution in [0.15, 0.2) is 47.1 Å². The van der Waals surface area contributed by atoms with E-state index < -0.39 is 6.10 Å². The molecule has 0 spiro atoms. The maximum absolute atomic E-state index is 12.3. The SMILES string of the molecule is Cc1cc(NC(=O)[C@@H](C)Oc2nn(-c3ccccc3)cc2Br)n(C)n1. The number of carbonyl (C=O) groups is 1. The fourth-order valence-electron chi connectivity index (χ4n) is 2.31. The highest BCUT2D eigenvalue weighted by Gasteiger charge is 2.20. The lowest BCUT2D eigenvalue weighted by atomic mass is 10.3. The molecule has 3 aromatic rings. The lowest BCUT2D eigenvalue weighted by Crippen LogP contribution is -2.31. The predicted octanol–water partition coefficient (Wildman–Crippen LogP) is 3.08. The molecule has 1 atom stereocenters. The van der Waals surface area contributed by atoms with Crippen molar-refractivity contribution in [2.45, 2.75) is 20.0 Å². The van der Waals surface area contributed by atoms with Crippen molar-refractivity contribution in [1.82, 2.24) is 19.6 Å². The number of halogens is 1. The van der Waals surface area contributed by atoms with E-state index in [1.165, 1.54) is 0 Å². The average Bonchev–Trinajstić information content (AvgIpc) is 3.10. The van der Waals surface area contributed by atoms with Crippen LogP contribution in [-0.2, 0) is 11.8 Å². The number of aryl methyl sites for hydroxylation is 2. The van der Waals surface area contributed by atoms with Gasteiger partial charge in [-0.1, -0.05) is 18.2 Å². The van der Waals surface area contributed by atoms with Crippen LogP contribution in [-0.4, -0.2) is 31.6 Å². The van der Waals surface area contributed by atoms with Gasteiger partial charge in [0.15, 0.2) is 6.10 Å². The molecule has 0 unspecified atom stereocenters. The number of hydrogen-bond donors (Lipinski definition) is 1. The van der Waals surface area contributed by atoms with Crippen LogP contribution in [0.3, 0.4) is 0 Å². The summed E-state index contributed by atoms with van der Waals surface area (Å²) in [7, 11) is 1.77. The fraction of sp³-hybridized carbons (Fsp3) is 0.235. The van der Waals surface area contributed by atoms with Gasteiger partial charge < -0.3 is 10.1 Å². The molecule has 0 aliphatic rings. The molecule has 25 heavy (non-hydrogen) atoms. The third-order valence-electron chi connectivity index (χ3n) is 3.57. The first kappa shape index (κ1) is 17.2. The Bertz CT molecular complexity index is 888. The Hall–Kier alpha value is -2.61. The lowest BCUT2D eigenvalue weighted by Gasteiger charge is -2.13. The summed E-state index contributed by atoms with van der Waals surface area (Å²) in [4.78, 5) is 12.3. The Balaban J connectivity index is 1.70. The van der Waals surface area contributed by atoms with Gasteiger partial charge in [0, 0.05) is 19.3 Å². The number of anilines is 1. The van der Waals surface area contributed by atoms with E-state index in [4.69, 9.17) is 4.74 Å². The highest BCUT2D eigenvalue weighted by Crippen LogP contribution is 2.25. The predicted molar refractivity (Wildman–Crippen MR) is 97.9 cm³/mol. The van der Waals surface area contributed by atoms with E-state index in [-0.39, 0.29) is 5.91 Å². The molecule has 0 radical (unpaired) electrons. The minimum absolute atomic E-state index is 0.274. The summed E-state index contributed by atoms with van der Waals surface area (Å²) in [5.41, 5.74) is 1.73. The maximum Gasteiger partial charge on any atom is 0.266 e. The number of hydrogen-bond acceptors (Lipinski definition) is 4. The van der Waals surface area contributed by atoms with Gasteiger partial charge in [0.05, 0.1) is 15.9 Å². The second-order valence-electron chi connectivity index (χ2n) is 5.61. The second-order valence-corrected chi connectivity index (χ2v) is 6.46. The zero-order valence-corrected chi connectivity index (χ0v) is 15.7. The molecule has 2 aromatic heterocycles. The van der Waals surface area contributed by atoms with Gasteiger partial charge in [-0.05, 0) is 41.9 Å². The molecule has 1 amide bonds. The Kier molecular flexibility index (Phi) is 4.89. The summed E-state index contributed by atoms with van der Waals surface area (Å²) >= 11 is 3.42. The summed E-state index contributed by atoms with van der Waals surface area (Å²) in [6, 6.07) is 11.5. The van der Waals surface area contributed by atoms with Crippen molar-refractivity contribution < 1.29 is 9.53 Å². The maximum atomic E-state index is 12.3. The topological polar surface area (TPSA) is 74.0 Å². The number of amides is 1. The number of benzene rings is 1. The quantitative estimate of drug-likeness (QED) is 0.710. The Morgan fingerprint density at radius 1 is 1.28 bits per heavy atom. The molecular formula is C17H18BrN5O2. The zero-order chi connectivity index (χ0) is 18.0. The third-order valence-corrected chi connectivity index (χ3v) is 4.11. The largest absolute Gasteiger partial charge is 0.463 e. The van der Waals surface area contributed by atoms with E-state index in [2.05, 4.69) is 31.4 Å². The van der Waals surface area contributed by atoms with Crippen LogP contribution in [0.25, 0.3) is 5.69 Å². The smallest absolute Gasteiger partial charge is 0.266 e. The van der Waals surface area contributed by atoms with Gasteiger partial charge in [-0.15, -0.1) is 5.10 Å². The first-order valence-corrected chi connectivity index (χ1v) is 8.52. The second kappa shape index (κ2) is 7.10. The molecule has 0 aliphatic carbocycles. The van der Waals surface area contributed by atoms with Gasteiger partial charge >= 0.3 is 0 Å². The van der Waals surface area contributed by atoms with E-state index in [1.54, 1.807) is 35.6 Å². The lowest BCUT2D eigenvalue weighted by molar-refractivity contribution is -0.122. The molecule has 130 valence electrons. The monoisotopic (exact) mass is 403 g/mol. The van der Waals surface area contributed by atoms with Crippen molar-refractivity contribution in [3.8, 4) is 11.6 Å². The van der Waals surface area contributed by atoms with Crippen molar-refractivity contribution >= 4 is 27.7 Å². The van der Waals surface area contributed by atoms with Crippen molar-refractivity contribution in [2.75, 3.05) is 5.32 Å². The third kappa shape index (κ3) is 3.90. The number of carbonyl (C=O) groups excluding carboxylic acids is 1. The van der Waals surface area contributed by atoms with Crippen molar-refractivity contribution in [2.24, 2.45) is 7.05 Å². The van der Waals surface area contributed by atoms with Gasteiger partial charge in [-0.3, -0.25) is 9.48 Å². The Morgan fingerprint density at radius 3 is 2.64 bits per heavy atom. The highest BCUT2D eigenvalue weighted by atomic mass is 79.9. The molecule has 2 heterocycles. The molecule has 7 nitrogen and oxygen atoms in total. The van der Waals surface area contributed by atoms with E-state index in [0.717, 1.165) is 11.4 Å². The molecule has 0 fully saturated rings. The van der Waals surface area contributed by atoms with E-state index in [9.17, 15) is 4.79 Å². The van der Waals surface area contributed by atoms with Gasteiger partial charge in [0.1, 0.15) is 5.82 Å². The summed E-state index contributed by atoms with van der Waals surface area (Å²) in [6.07, 6.45) is 1.07. The Morgan fingerprint density at radius 2 is 2.00 bits per heavy atom. The molecular weight excluding hydrogens is 386 g/mol. The van der Waals surface area contributed by atoms with Crippen LogP contribution in [0.4, 0.5) is 5.82 Å². The number of rotatable bonds is 5. The number of aromatic nitrogens is 4. The van der Waals surface area contributed by atoms with E-state index >= 15 is 0 Å². The molecule has 0 saturated heterocycles. The Labute approximate surface area is 153 Å². The molecule has 0 bridgehead atoms. The molecule has 1 aromatic carbocycles. The minimum Gasteiger partial charge on any atom is -0.463 e. The van der Waals surface area contributed by atoms with Crippen LogP contribution in [0.1, 0.15) is 12.6 Å². The molecule has 0 saturated carbocycles. The van der Waals surface area contributed by atoms with Crippen LogP contribution in [0, 0.1) is 6.92 Å². The zero-order valence-electron chi connectivity index (χ0n) is 14.1. The van der Waals surface area contributed by atoms with Crippen LogP contribution >= 0.6 is 15.9 Å². The van der Waals surface area contributed by atoms with E-state index in [0.29, 0.717) is 16.2 Å². The van der Waals surface area contributed by atoms with Crippen LogP contribution < -0.4 is 10.1 Å². The molecule has 3 rings (SSSR count). The number of para-hydroxylation sites is 1. The van der Waals surface area contributed by atoms with Gasteiger partial charge in [0.25, 0.3) is 5.91 Å². The van der Waals surface area contributed by atoms with Crippen molar-refractivity contribution in [1.29, 1.82) is 0 Å². The highest BCUT2D eigenvalue weighted by molar-refractivity contribution is 9.10.